The van der Waals surface area contributed by atoms with Gasteiger partial charge in [0.15, 0.2) is 0 Å². The second-order valence-electron chi connectivity index (χ2n) is 4.28. The first kappa shape index (κ1) is 10.5. The molecule has 0 amide bonds. The summed E-state index contributed by atoms with van der Waals surface area (Å²) in [7, 11) is 1.94. The van der Waals surface area contributed by atoms with Crippen LogP contribution in [0.15, 0.2) is 24.4 Å². The summed E-state index contributed by atoms with van der Waals surface area (Å²) in [6.07, 6.45) is 1.87. The third-order valence-corrected chi connectivity index (χ3v) is 3.10. The van der Waals surface area contributed by atoms with Crippen molar-refractivity contribution >= 4 is 0 Å². The van der Waals surface area contributed by atoms with Gasteiger partial charge in [0.25, 0.3) is 0 Å². The van der Waals surface area contributed by atoms with E-state index in [4.69, 9.17) is 4.74 Å². The third kappa shape index (κ3) is 1.85. The number of hydrogen-bond acceptors (Lipinski definition) is 3. The fraction of sp³-hybridized carbons (Fsp3) is 0.308. The van der Waals surface area contributed by atoms with Gasteiger partial charge in [-0.2, -0.15) is 5.10 Å². The van der Waals surface area contributed by atoms with Crippen LogP contribution in [0, 0.1) is 0 Å². The van der Waals surface area contributed by atoms with Gasteiger partial charge in [0.1, 0.15) is 0 Å². The lowest BCUT2D eigenvalue weighted by Crippen LogP contribution is -2.05. The topological polar surface area (TPSA) is 49.9 Å². The normalized spacial score (nSPS) is 13.9. The fourth-order valence-corrected chi connectivity index (χ4v) is 2.21. The predicted molar refractivity (Wildman–Crippen MR) is 65.3 cm³/mol. The maximum atomic E-state index is 5.43. The Bertz CT molecular complexity index is 533. The van der Waals surface area contributed by atoms with Gasteiger partial charge in [-0.1, -0.05) is 12.1 Å². The molecule has 1 aliphatic rings. The van der Waals surface area contributed by atoms with Crippen LogP contribution in [-0.2, 0) is 24.5 Å². The lowest BCUT2D eigenvalue weighted by atomic mass is 10.0. The molecule has 0 radical (unpaired) electrons. The minimum Gasteiger partial charge on any atom is -0.372 e. The van der Waals surface area contributed by atoms with Gasteiger partial charge in [-0.05, 0) is 24.2 Å². The Morgan fingerprint density at radius 1 is 1.35 bits per heavy atom. The zero-order chi connectivity index (χ0) is 11.7. The molecule has 0 atom stereocenters. The second kappa shape index (κ2) is 4.31. The maximum Gasteiger partial charge on any atom is 0.0725 e. The molecule has 0 unspecified atom stereocenters. The molecule has 2 aromatic rings. The van der Waals surface area contributed by atoms with Crippen LogP contribution < -0.4 is 5.32 Å². The average molecular weight is 229 g/mol. The van der Waals surface area contributed by atoms with Crippen molar-refractivity contribution < 1.29 is 4.74 Å². The number of hydrogen-bond donors (Lipinski definition) is 2. The molecule has 0 spiro atoms. The van der Waals surface area contributed by atoms with E-state index in [9.17, 15) is 0 Å². The Kier molecular flexibility index (Phi) is 2.66. The molecule has 4 heteroatoms. The van der Waals surface area contributed by atoms with Crippen molar-refractivity contribution in [3.63, 3.8) is 0 Å². The smallest absolute Gasteiger partial charge is 0.0725 e. The first-order chi connectivity index (χ1) is 8.38. The van der Waals surface area contributed by atoms with E-state index in [1.165, 1.54) is 22.3 Å². The monoisotopic (exact) mass is 229 g/mol. The average Bonchev–Trinajstić information content (AvgIpc) is 2.96. The summed E-state index contributed by atoms with van der Waals surface area (Å²) in [5.74, 6) is 0. The summed E-state index contributed by atoms with van der Waals surface area (Å²) in [6.45, 7) is 2.28. The Hall–Kier alpha value is -1.65. The summed E-state index contributed by atoms with van der Waals surface area (Å²) < 4.78 is 5.43. The van der Waals surface area contributed by atoms with Crippen LogP contribution in [0.3, 0.4) is 0 Å². The zero-order valence-electron chi connectivity index (χ0n) is 9.79. The summed E-state index contributed by atoms with van der Waals surface area (Å²) in [4.78, 5) is 0. The van der Waals surface area contributed by atoms with E-state index < -0.39 is 0 Å². The van der Waals surface area contributed by atoms with Gasteiger partial charge in [0.05, 0.1) is 25.1 Å². The summed E-state index contributed by atoms with van der Waals surface area (Å²) in [5, 5.41) is 10.3. The number of nitrogens with one attached hydrogen (secondary N) is 2. The molecule has 2 N–H and O–H groups in total. The molecule has 2 heterocycles. The molecular weight excluding hydrogens is 214 g/mol. The number of H-pyrrole nitrogens is 1. The zero-order valence-corrected chi connectivity index (χ0v) is 9.79. The number of aromatic nitrogens is 2. The van der Waals surface area contributed by atoms with Crippen LogP contribution in [0.2, 0.25) is 0 Å². The number of rotatable bonds is 3. The second-order valence-corrected chi connectivity index (χ2v) is 4.28. The van der Waals surface area contributed by atoms with E-state index in [-0.39, 0.29) is 0 Å². The lowest BCUT2D eigenvalue weighted by molar-refractivity contribution is 0.134. The van der Waals surface area contributed by atoms with Gasteiger partial charge < -0.3 is 10.1 Å². The highest BCUT2D eigenvalue weighted by atomic mass is 16.5. The number of nitrogens with zero attached hydrogens (tertiary/aromatic N) is 1. The van der Waals surface area contributed by atoms with Crippen LogP contribution >= 0.6 is 0 Å². The number of aromatic amines is 1. The van der Waals surface area contributed by atoms with E-state index in [0.717, 1.165) is 25.5 Å². The Balaban J connectivity index is 2.00. The minimum atomic E-state index is 0.721. The number of benzene rings is 1. The van der Waals surface area contributed by atoms with Crippen molar-refractivity contribution in [1.82, 2.24) is 15.5 Å². The molecule has 88 valence electrons. The van der Waals surface area contributed by atoms with Crippen LogP contribution in [0.25, 0.3) is 11.3 Å². The van der Waals surface area contributed by atoms with Crippen LogP contribution in [0.1, 0.15) is 16.7 Å². The molecule has 1 aromatic carbocycles. The highest BCUT2D eigenvalue weighted by Gasteiger charge is 2.14. The molecule has 4 nitrogen and oxygen atoms in total. The molecule has 0 aliphatic carbocycles. The molecule has 1 aromatic heterocycles. The molecular formula is C13H15N3O. The fourth-order valence-electron chi connectivity index (χ4n) is 2.21. The Morgan fingerprint density at radius 2 is 2.24 bits per heavy atom. The molecule has 0 bridgehead atoms. The first-order valence-electron chi connectivity index (χ1n) is 5.75. The van der Waals surface area contributed by atoms with Crippen LogP contribution in [-0.4, -0.2) is 17.2 Å². The van der Waals surface area contributed by atoms with Gasteiger partial charge in [-0.25, -0.2) is 0 Å². The van der Waals surface area contributed by atoms with E-state index in [0.29, 0.717) is 0 Å². The van der Waals surface area contributed by atoms with Gasteiger partial charge in [0, 0.05) is 17.7 Å². The highest BCUT2D eigenvalue weighted by Crippen LogP contribution is 2.27. The molecule has 0 fully saturated rings. The maximum absolute atomic E-state index is 5.43. The Labute approximate surface area is 100 Å². The molecule has 0 saturated heterocycles. The standard InChI is InChI=1S/C13H15N3O/c1-14-5-12-6-15-16-13(12)9-2-3-10-7-17-8-11(10)4-9/h2-4,6,14H,5,7-8H2,1H3,(H,15,16). The van der Waals surface area contributed by atoms with E-state index in [2.05, 4.69) is 33.7 Å². The molecule has 17 heavy (non-hydrogen) atoms. The largest absolute Gasteiger partial charge is 0.372 e. The minimum absolute atomic E-state index is 0.721. The SMILES string of the molecule is CNCc1cn[nH]c1-c1ccc2c(c1)COC2. The van der Waals surface area contributed by atoms with Gasteiger partial charge >= 0.3 is 0 Å². The van der Waals surface area contributed by atoms with Gasteiger partial charge in [-0.15, -0.1) is 0 Å². The quantitative estimate of drug-likeness (QED) is 0.844. The van der Waals surface area contributed by atoms with Crippen molar-refractivity contribution in [3.05, 3.63) is 41.1 Å². The van der Waals surface area contributed by atoms with Crippen molar-refractivity contribution in [2.75, 3.05) is 7.05 Å². The first-order valence-corrected chi connectivity index (χ1v) is 5.75. The lowest BCUT2D eigenvalue weighted by Gasteiger charge is -2.05. The number of ether oxygens (including phenoxy) is 1. The number of fused-ring (bicyclic) bond motifs is 1. The van der Waals surface area contributed by atoms with Crippen molar-refractivity contribution in [1.29, 1.82) is 0 Å². The summed E-state index contributed by atoms with van der Waals surface area (Å²) >= 11 is 0. The Morgan fingerprint density at radius 3 is 3.12 bits per heavy atom. The summed E-state index contributed by atoms with van der Waals surface area (Å²) in [6, 6.07) is 6.46. The highest BCUT2D eigenvalue weighted by molar-refractivity contribution is 5.64. The van der Waals surface area contributed by atoms with Crippen molar-refractivity contribution in [2.24, 2.45) is 0 Å². The summed E-state index contributed by atoms with van der Waals surface area (Å²) in [5.41, 5.74) is 6.04. The van der Waals surface area contributed by atoms with E-state index in [1.54, 1.807) is 0 Å². The molecule has 1 aliphatic heterocycles. The van der Waals surface area contributed by atoms with Crippen LogP contribution in [0.4, 0.5) is 0 Å². The van der Waals surface area contributed by atoms with Crippen LogP contribution in [0.5, 0.6) is 0 Å². The van der Waals surface area contributed by atoms with E-state index >= 15 is 0 Å². The van der Waals surface area contributed by atoms with Crippen molar-refractivity contribution in [3.8, 4) is 11.3 Å². The molecule has 3 rings (SSSR count). The van der Waals surface area contributed by atoms with Gasteiger partial charge in [0.2, 0.25) is 0 Å². The van der Waals surface area contributed by atoms with Crippen molar-refractivity contribution in [2.45, 2.75) is 19.8 Å². The predicted octanol–water partition coefficient (Wildman–Crippen LogP) is 1.83. The molecule has 0 saturated carbocycles. The third-order valence-electron chi connectivity index (χ3n) is 3.10. The van der Waals surface area contributed by atoms with Gasteiger partial charge in [-0.3, -0.25) is 5.10 Å². The van der Waals surface area contributed by atoms with E-state index in [1.807, 2.05) is 13.2 Å².